The lowest BCUT2D eigenvalue weighted by atomic mass is 10.1. The van der Waals surface area contributed by atoms with Crippen molar-refractivity contribution < 1.29 is 14.7 Å². The zero-order valence-electron chi connectivity index (χ0n) is 11.3. The Morgan fingerprint density at radius 1 is 1.32 bits per heavy atom. The van der Waals surface area contributed by atoms with Crippen molar-refractivity contribution in [1.29, 1.82) is 0 Å². The maximum absolute atomic E-state index is 11.8. The molecule has 4 nitrogen and oxygen atoms in total. The van der Waals surface area contributed by atoms with Gasteiger partial charge in [-0.15, -0.1) is 11.8 Å². The summed E-state index contributed by atoms with van der Waals surface area (Å²) in [5.41, 5.74) is 1.04. The van der Waals surface area contributed by atoms with Crippen molar-refractivity contribution in [2.24, 2.45) is 0 Å². The van der Waals surface area contributed by atoms with Crippen molar-refractivity contribution >= 4 is 29.1 Å². The summed E-state index contributed by atoms with van der Waals surface area (Å²) in [6.45, 7) is 5.03. The molecule has 0 aliphatic carbocycles. The zero-order chi connectivity index (χ0) is 14.4. The summed E-state index contributed by atoms with van der Waals surface area (Å²) in [6.07, 6.45) is -0.456. The number of anilines is 1. The van der Waals surface area contributed by atoms with Crippen LogP contribution in [0, 0.1) is 0 Å². The number of carbonyl (C=O) groups is 2. The van der Waals surface area contributed by atoms with E-state index in [-0.39, 0.29) is 22.7 Å². The van der Waals surface area contributed by atoms with Crippen LogP contribution in [0.4, 0.5) is 5.69 Å². The van der Waals surface area contributed by atoms with Gasteiger partial charge in [0.15, 0.2) is 5.78 Å². The number of aliphatic hydroxyl groups is 1. The van der Waals surface area contributed by atoms with E-state index < -0.39 is 6.10 Å². The van der Waals surface area contributed by atoms with E-state index in [2.05, 4.69) is 5.32 Å². The summed E-state index contributed by atoms with van der Waals surface area (Å²) in [4.78, 5) is 23.2. The number of thioether (sulfide) groups is 1. The smallest absolute Gasteiger partial charge is 0.234 e. The minimum Gasteiger partial charge on any atom is -0.392 e. The molecule has 2 unspecified atom stereocenters. The predicted octanol–water partition coefficient (Wildman–Crippen LogP) is 2.33. The third kappa shape index (κ3) is 5.04. The molecule has 0 bridgehead atoms. The number of hydrogen-bond acceptors (Lipinski definition) is 4. The maximum atomic E-state index is 11.8. The molecule has 1 amide bonds. The number of ketones is 1. The second-order valence-electron chi connectivity index (χ2n) is 4.41. The fourth-order valence-corrected chi connectivity index (χ4v) is 2.20. The van der Waals surface area contributed by atoms with Gasteiger partial charge >= 0.3 is 0 Å². The highest BCUT2D eigenvalue weighted by molar-refractivity contribution is 8.00. The molecule has 0 aliphatic heterocycles. The number of nitrogens with one attached hydrogen (secondary N) is 1. The van der Waals surface area contributed by atoms with Crippen LogP contribution < -0.4 is 5.32 Å². The van der Waals surface area contributed by atoms with Gasteiger partial charge in [0.25, 0.3) is 0 Å². The molecule has 1 rings (SSSR count). The Balaban J connectivity index is 2.60. The molecule has 1 aromatic carbocycles. The monoisotopic (exact) mass is 281 g/mol. The van der Waals surface area contributed by atoms with Crippen LogP contribution in [0.25, 0.3) is 0 Å². The number of rotatable bonds is 6. The van der Waals surface area contributed by atoms with E-state index in [9.17, 15) is 14.7 Å². The van der Waals surface area contributed by atoms with Gasteiger partial charge in [-0.3, -0.25) is 9.59 Å². The van der Waals surface area contributed by atoms with Crippen LogP contribution in [0.2, 0.25) is 0 Å². The van der Waals surface area contributed by atoms with Crippen LogP contribution in [0.3, 0.4) is 0 Å². The van der Waals surface area contributed by atoms with Gasteiger partial charge in [-0.1, -0.05) is 19.1 Å². The summed E-state index contributed by atoms with van der Waals surface area (Å²) >= 11 is 1.38. The fraction of sp³-hybridized carbons (Fsp3) is 0.429. The lowest BCUT2D eigenvalue weighted by Crippen LogP contribution is -2.21. The van der Waals surface area contributed by atoms with E-state index in [4.69, 9.17) is 0 Å². The Hall–Kier alpha value is -1.33. The number of hydrogen-bond donors (Lipinski definition) is 2. The van der Waals surface area contributed by atoms with E-state index >= 15 is 0 Å². The van der Waals surface area contributed by atoms with Gasteiger partial charge in [-0.25, -0.2) is 0 Å². The van der Waals surface area contributed by atoms with Crippen molar-refractivity contribution in [3.8, 4) is 0 Å². The maximum Gasteiger partial charge on any atom is 0.234 e. The van der Waals surface area contributed by atoms with Crippen molar-refractivity contribution in [2.45, 2.75) is 32.1 Å². The first-order valence-electron chi connectivity index (χ1n) is 6.11. The first-order valence-corrected chi connectivity index (χ1v) is 7.16. The molecule has 0 fully saturated rings. The summed E-state index contributed by atoms with van der Waals surface area (Å²) in [5, 5.41) is 12.1. The van der Waals surface area contributed by atoms with E-state index in [1.165, 1.54) is 18.7 Å². The molecule has 0 spiro atoms. The quantitative estimate of drug-likeness (QED) is 0.785. The number of carbonyl (C=O) groups excluding carboxylic acids is 2. The van der Waals surface area contributed by atoms with Gasteiger partial charge in [0.1, 0.15) is 0 Å². The van der Waals surface area contributed by atoms with Crippen molar-refractivity contribution in [2.75, 3.05) is 11.1 Å². The summed E-state index contributed by atoms with van der Waals surface area (Å²) in [7, 11) is 0. The molecule has 0 saturated carbocycles. The predicted molar refractivity (Wildman–Crippen MR) is 78.7 cm³/mol. The highest BCUT2D eigenvalue weighted by Crippen LogP contribution is 2.18. The molecule has 19 heavy (non-hydrogen) atoms. The lowest BCUT2D eigenvalue weighted by molar-refractivity contribution is -0.113. The average molecular weight is 281 g/mol. The average Bonchev–Trinajstić information content (AvgIpc) is 2.36. The first-order chi connectivity index (χ1) is 8.91. The molecule has 0 aromatic heterocycles. The number of amides is 1. The summed E-state index contributed by atoms with van der Waals surface area (Å²) in [5.74, 6) is -0.00899. The second kappa shape index (κ2) is 7.31. The van der Waals surface area contributed by atoms with Gasteiger partial charge < -0.3 is 10.4 Å². The van der Waals surface area contributed by atoms with Gasteiger partial charge in [0.2, 0.25) is 5.91 Å². The van der Waals surface area contributed by atoms with E-state index in [0.717, 1.165) is 0 Å². The lowest BCUT2D eigenvalue weighted by Gasteiger charge is -2.14. The molecular weight excluding hydrogens is 262 g/mol. The molecule has 2 N–H and O–H groups in total. The minimum atomic E-state index is -0.456. The Morgan fingerprint density at radius 2 is 1.95 bits per heavy atom. The Kier molecular flexibility index (Phi) is 6.05. The molecule has 104 valence electrons. The van der Waals surface area contributed by atoms with Gasteiger partial charge in [-0.2, -0.15) is 0 Å². The molecule has 0 aliphatic rings. The van der Waals surface area contributed by atoms with Crippen LogP contribution in [0.1, 0.15) is 31.1 Å². The Labute approximate surface area is 117 Å². The first kappa shape index (κ1) is 15.7. The summed E-state index contributed by atoms with van der Waals surface area (Å²) < 4.78 is 0. The van der Waals surface area contributed by atoms with Crippen LogP contribution in [-0.2, 0) is 4.79 Å². The van der Waals surface area contributed by atoms with Crippen LogP contribution >= 0.6 is 11.8 Å². The Morgan fingerprint density at radius 3 is 2.53 bits per heavy atom. The molecule has 0 heterocycles. The molecular formula is C14H19NO3S. The molecule has 1 aromatic rings. The molecule has 2 atom stereocenters. The van der Waals surface area contributed by atoms with Gasteiger partial charge in [0, 0.05) is 10.8 Å². The van der Waals surface area contributed by atoms with E-state index in [0.29, 0.717) is 11.3 Å². The molecule has 0 saturated heterocycles. The molecule has 0 radical (unpaired) electrons. The largest absolute Gasteiger partial charge is 0.392 e. The summed E-state index contributed by atoms with van der Waals surface area (Å²) in [6, 6.07) is 6.92. The van der Waals surface area contributed by atoms with E-state index in [1.54, 1.807) is 31.2 Å². The normalized spacial score (nSPS) is 13.7. The minimum absolute atomic E-state index is 0.00574. The van der Waals surface area contributed by atoms with E-state index in [1.807, 2.05) is 6.92 Å². The van der Waals surface area contributed by atoms with Gasteiger partial charge in [-0.05, 0) is 26.0 Å². The Bertz CT molecular complexity index is 460. The van der Waals surface area contributed by atoms with Crippen LogP contribution in [0.5, 0.6) is 0 Å². The zero-order valence-corrected chi connectivity index (χ0v) is 12.2. The molecule has 5 heteroatoms. The topological polar surface area (TPSA) is 66.4 Å². The third-order valence-corrected chi connectivity index (χ3v) is 4.09. The number of benzene rings is 1. The highest BCUT2D eigenvalue weighted by Gasteiger charge is 2.13. The second-order valence-corrected chi connectivity index (χ2v) is 5.77. The number of Topliss-reactive ketones (excluding diaryl/α,β-unsaturated/α-hetero) is 1. The van der Waals surface area contributed by atoms with Crippen molar-refractivity contribution in [3.05, 3.63) is 29.8 Å². The number of aliphatic hydroxyl groups excluding tert-OH is 1. The highest BCUT2D eigenvalue weighted by atomic mass is 32.2. The number of para-hydroxylation sites is 1. The third-order valence-electron chi connectivity index (χ3n) is 2.74. The SMILES string of the molecule is CC(=O)c1ccccc1NC(=O)CSC(C)C(C)O. The van der Waals surface area contributed by atoms with Crippen LogP contribution in [0.15, 0.2) is 24.3 Å². The standard InChI is InChI=1S/C14H19NO3S/c1-9(16)11(3)19-8-14(18)15-13-7-5-4-6-12(13)10(2)17/h4-7,9,11,16H,8H2,1-3H3,(H,15,18). The van der Waals surface area contributed by atoms with Crippen LogP contribution in [-0.4, -0.2) is 33.9 Å². The fourth-order valence-electron chi connectivity index (χ4n) is 1.43. The van der Waals surface area contributed by atoms with Gasteiger partial charge in [0.05, 0.1) is 17.5 Å². The van der Waals surface area contributed by atoms with Crippen molar-refractivity contribution in [1.82, 2.24) is 0 Å². The van der Waals surface area contributed by atoms with Crippen molar-refractivity contribution in [3.63, 3.8) is 0 Å².